The Balaban J connectivity index is 1.74. The first kappa shape index (κ1) is 18.7. The van der Waals surface area contributed by atoms with E-state index < -0.39 is 0 Å². The third-order valence-corrected chi connectivity index (χ3v) is 5.15. The van der Waals surface area contributed by atoms with Crippen molar-refractivity contribution in [2.24, 2.45) is 5.73 Å². The molecule has 0 spiro atoms. The van der Waals surface area contributed by atoms with Crippen LogP contribution >= 0.6 is 9.24 Å². The molecule has 2 atom stereocenters. The highest BCUT2D eigenvalue weighted by atomic mass is 31.0. The van der Waals surface area contributed by atoms with Crippen molar-refractivity contribution in [3.05, 3.63) is 60.4 Å². The first-order valence-corrected chi connectivity index (χ1v) is 9.94. The number of rotatable bonds is 8. The summed E-state index contributed by atoms with van der Waals surface area (Å²) in [6, 6.07) is 12.9. The number of aromatic nitrogens is 1. The zero-order valence-electron chi connectivity index (χ0n) is 15.1. The fourth-order valence-corrected chi connectivity index (χ4v) is 3.59. The molecule has 4 N–H and O–H groups in total. The Kier molecular flexibility index (Phi) is 6.48. The molecule has 5 nitrogen and oxygen atoms in total. The summed E-state index contributed by atoms with van der Waals surface area (Å²) >= 11 is 0. The van der Waals surface area contributed by atoms with Gasteiger partial charge in [-0.15, -0.1) is 9.24 Å². The number of hydrogen-bond acceptors (Lipinski definition) is 5. The molecule has 1 saturated heterocycles. The summed E-state index contributed by atoms with van der Waals surface area (Å²) < 4.78 is 0. The molecule has 1 aromatic carbocycles. The third kappa shape index (κ3) is 4.54. The highest BCUT2D eigenvalue weighted by Crippen LogP contribution is 2.28. The second kappa shape index (κ2) is 9.02. The summed E-state index contributed by atoms with van der Waals surface area (Å²) in [5.74, 6) is 0.804. The predicted octanol–water partition coefficient (Wildman–Crippen LogP) is 3.59. The van der Waals surface area contributed by atoms with E-state index in [1.807, 2.05) is 12.1 Å². The lowest BCUT2D eigenvalue weighted by atomic mass is 10.1. The van der Waals surface area contributed by atoms with Crippen LogP contribution in [0.4, 0.5) is 17.2 Å². The highest BCUT2D eigenvalue weighted by Gasteiger charge is 2.15. The normalized spacial score (nSPS) is 14.9. The van der Waals surface area contributed by atoms with E-state index in [0.29, 0.717) is 6.54 Å². The summed E-state index contributed by atoms with van der Waals surface area (Å²) in [7, 11) is 2.82. The fraction of sp³-hybridized carbons (Fsp3) is 0.350. The summed E-state index contributed by atoms with van der Waals surface area (Å²) in [5.41, 5.74) is 9.86. The lowest BCUT2D eigenvalue weighted by molar-refractivity contribution is 0.886. The molecule has 2 heterocycles. The molecular weight excluding hydrogens is 341 g/mol. The van der Waals surface area contributed by atoms with Gasteiger partial charge < -0.3 is 21.3 Å². The molecule has 0 amide bonds. The molecule has 0 aliphatic carbocycles. The van der Waals surface area contributed by atoms with E-state index in [9.17, 15) is 0 Å². The van der Waals surface area contributed by atoms with Crippen molar-refractivity contribution >= 4 is 26.4 Å². The van der Waals surface area contributed by atoms with Crippen molar-refractivity contribution in [2.45, 2.75) is 18.9 Å². The minimum Gasteiger partial charge on any atom is -0.372 e. The van der Waals surface area contributed by atoms with Crippen LogP contribution in [0.3, 0.4) is 0 Å². The van der Waals surface area contributed by atoms with Crippen LogP contribution in [0.2, 0.25) is 0 Å². The minimum absolute atomic E-state index is 0.161. The number of benzene rings is 1. The van der Waals surface area contributed by atoms with Crippen LogP contribution in [0.1, 0.15) is 24.4 Å². The van der Waals surface area contributed by atoms with Gasteiger partial charge in [-0.3, -0.25) is 0 Å². The lowest BCUT2D eigenvalue weighted by Gasteiger charge is -2.22. The maximum atomic E-state index is 5.64. The largest absolute Gasteiger partial charge is 0.372 e. The van der Waals surface area contributed by atoms with Crippen LogP contribution in [0.5, 0.6) is 0 Å². The number of hydrogen-bond donors (Lipinski definition) is 3. The maximum absolute atomic E-state index is 5.64. The molecular formula is C20H28N5P. The van der Waals surface area contributed by atoms with E-state index in [1.165, 1.54) is 37.2 Å². The smallest absolute Gasteiger partial charge is 0.150 e. The van der Waals surface area contributed by atoms with Crippen LogP contribution < -0.4 is 21.3 Å². The standard InChI is InChI=1S/C20H28N5P/c1-15(13-21)23-18-5-4-10-22-20(18)24-19(14-26)16-6-8-17(9-7-16)25-11-2-3-12-25/h4-10,19,23H,1-3,11-14,21,26H2,(H,22,24). The van der Waals surface area contributed by atoms with Gasteiger partial charge in [-0.1, -0.05) is 18.7 Å². The van der Waals surface area contributed by atoms with E-state index in [2.05, 4.69) is 60.6 Å². The number of anilines is 3. The van der Waals surface area contributed by atoms with E-state index >= 15 is 0 Å². The Bertz CT molecular complexity index is 725. The first-order chi connectivity index (χ1) is 12.7. The minimum atomic E-state index is 0.161. The molecule has 1 aromatic heterocycles. The zero-order valence-corrected chi connectivity index (χ0v) is 16.3. The van der Waals surface area contributed by atoms with Gasteiger partial charge in [-0.25, -0.2) is 4.98 Å². The van der Waals surface area contributed by atoms with Gasteiger partial charge in [0.25, 0.3) is 0 Å². The molecule has 3 rings (SSSR count). The summed E-state index contributed by atoms with van der Waals surface area (Å²) in [6.45, 7) is 6.63. The average Bonchev–Trinajstić information content (AvgIpc) is 3.22. The molecule has 0 bridgehead atoms. The quantitative estimate of drug-likeness (QED) is 0.621. The van der Waals surface area contributed by atoms with Crippen molar-refractivity contribution in [3.63, 3.8) is 0 Å². The lowest BCUT2D eigenvalue weighted by Crippen LogP contribution is -2.18. The molecule has 0 radical (unpaired) electrons. The number of nitrogens with one attached hydrogen (secondary N) is 2. The molecule has 0 saturated carbocycles. The van der Waals surface area contributed by atoms with Crippen molar-refractivity contribution in [1.82, 2.24) is 4.98 Å². The van der Waals surface area contributed by atoms with Crippen molar-refractivity contribution in [2.75, 3.05) is 41.3 Å². The molecule has 2 unspecified atom stereocenters. The zero-order chi connectivity index (χ0) is 18.4. The van der Waals surface area contributed by atoms with Gasteiger partial charge in [0.2, 0.25) is 0 Å². The molecule has 2 aromatic rings. The van der Waals surface area contributed by atoms with Gasteiger partial charge in [-0.2, -0.15) is 0 Å². The molecule has 1 aliphatic rings. The summed E-state index contributed by atoms with van der Waals surface area (Å²) in [5, 5.41) is 6.77. The number of nitrogens with two attached hydrogens (primary N) is 1. The Morgan fingerprint density at radius 2 is 1.96 bits per heavy atom. The van der Waals surface area contributed by atoms with Gasteiger partial charge in [0.1, 0.15) is 5.82 Å². The van der Waals surface area contributed by atoms with Gasteiger partial charge in [0, 0.05) is 37.2 Å². The van der Waals surface area contributed by atoms with Gasteiger partial charge in [0.15, 0.2) is 0 Å². The fourth-order valence-electron chi connectivity index (χ4n) is 3.20. The molecule has 1 aliphatic heterocycles. The van der Waals surface area contributed by atoms with E-state index in [-0.39, 0.29) is 6.04 Å². The number of nitrogens with zero attached hydrogens (tertiary/aromatic N) is 2. The topological polar surface area (TPSA) is 66.2 Å². The van der Waals surface area contributed by atoms with Crippen LogP contribution in [0, 0.1) is 0 Å². The Labute approximate surface area is 158 Å². The number of pyridine rings is 1. The van der Waals surface area contributed by atoms with Gasteiger partial charge in [-0.05, 0) is 48.8 Å². The Hall–Kier alpha value is -2.10. The monoisotopic (exact) mass is 369 g/mol. The van der Waals surface area contributed by atoms with Crippen LogP contribution in [0.25, 0.3) is 0 Å². The Morgan fingerprint density at radius 3 is 2.62 bits per heavy atom. The molecule has 6 heteroatoms. The van der Waals surface area contributed by atoms with Crippen LogP contribution in [0.15, 0.2) is 54.9 Å². The van der Waals surface area contributed by atoms with Gasteiger partial charge in [0.05, 0.1) is 11.7 Å². The van der Waals surface area contributed by atoms with Crippen LogP contribution in [-0.2, 0) is 0 Å². The second-order valence-electron chi connectivity index (χ2n) is 6.55. The van der Waals surface area contributed by atoms with E-state index in [4.69, 9.17) is 5.73 Å². The van der Waals surface area contributed by atoms with Crippen LogP contribution in [-0.4, -0.2) is 30.8 Å². The Morgan fingerprint density at radius 1 is 1.23 bits per heavy atom. The summed E-state index contributed by atoms with van der Waals surface area (Å²) in [6.07, 6.45) is 5.26. The van der Waals surface area contributed by atoms with E-state index in [1.54, 1.807) is 6.20 Å². The third-order valence-electron chi connectivity index (χ3n) is 4.68. The van der Waals surface area contributed by atoms with Crippen molar-refractivity contribution in [1.29, 1.82) is 0 Å². The molecule has 26 heavy (non-hydrogen) atoms. The summed E-state index contributed by atoms with van der Waals surface area (Å²) in [4.78, 5) is 6.94. The van der Waals surface area contributed by atoms with Crippen molar-refractivity contribution < 1.29 is 0 Å². The van der Waals surface area contributed by atoms with Crippen molar-refractivity contribution in [3.8, 4) is 0 Å². The predicted molar refractivity (Wildman–Crippen MR) is 115 cm³/mol. The van der Waals surface area contributed by atoms with Gasteiger partial charge >= 0.3 is 0 Å². The maximum Gasteiger partial charge on any atom is 0.150 e. The molecule has 138 valence electrons. The van der Waals surface area contributed by atoms with E-state index in [0.717, 1.165) is 23.4 Å². The first-order valence-electron chi connectivity index (χ1n) is 9.12. The average molecular weight is 369 g/mol. The highest BCUT2D eigenvalue weighted by molar-refractivity contribution is 7.16. The molecule has 1 fully saturated rings. The second-order valence-corrected chi connectivity index (χ2v) is 7.02. The SMILES string of the molecule is C=C(CN)Nc1cccnc1NC(CP)c1ccc(N2CCCC2)cc1.